The highest BCUT2D eigenvalue weighted by Gasteiger charge is 2.27. The largest absolute Gasteiger partial charge is 0.340 e. The van der Waals surface area contributed by atoms with Crippen molar-refractivity contribution < 1.29 is 4.79 Å². The Balaban J connectivity index is 1.75. The van der Waals surface area contributed by atoms with Gasteiger partial charge in [0.25, 0.3) is 5.91 Å². The Labute approximate surface area is 120 Å². The van der Waals surface area contributed by atoms with E-state index < -0.39 is 0 Å². The second-order valence-corrected chi connectivity index (χ2v) is 6.23. The van der Waals surface area contributed by atoms with E-state index in [4.69, 9.17) is 5.73 Å². The quantitative estimate of drug-likeness (QED) is 0.921. The number of likely N-dealkylation sites (tertiary alicyclic amines) is 1. The van der Waals surface area contributed by atoms with Gasteiger partial charge in [-0.1, -0.05) is 12.8 Å². The third-order valence-corrected chi connectivity index (χ3v) is 4.86. The van der Waals surface area contributed by atoms with Gasteiger partial charge in [0.05, 0.1) is 0 Å². The molecule has 1 unspecified atom stereocenters. The van der Waals surface area contributed by atoms with Gasteiger partial charge in [0.2, 0.25) is 0 Å². The molecule has 1 aromatic heterocycles. The Hall–Kier alpha value is -1.29. The molecule has 1 atom stereocenters. The molecule has 2 N–H and O–H groups in total. The summed E-state index contributed by atoms with van der Waals surface area (Å²) in [6.45, 7) is 2.39. The molecule has 2 heterocycles. The molecule has 2 aliphatic rings. The maximum atomic E-state index is 12.8. The number of aromatic nitrogens is 1. The Morgan fingerprint density at radius 3 is 2.80 bits per heavy atom. The van der Waals surface area contributed by atoms with E-state index in [9.17, 15) is 4.79 Å². The summed E-state index contributed by atoms with van der Waals surface area (Å²) in [6.07, 6.45) is 9.31. The first-order valence-electron chi connectivity index (χ1n) is 7.96. The van der Waals surface area contributed by atoms with Gasteiger partial charge >= 0.3 is 0 Å². The number of carbonyl (C=O) groups excluding carboxylic acids is 1. The minimum atomic E-state index is 0.194. The molecule has 0 aromatic carbocycles. The van der Waals surface area contributed by atoms with Crippen molar-refractivity contribution in [2.45, 2.75) is 44.6 Å². The van der Waals surface area contributed by atoms with Crippen LogP contribution in [0.1, 0.15) is 55.1 Å². The van der Waals surface area contributed by atoms with Crippen LogP contribution in [0.3, 0.4) is 0 Å². The van der Waals surface area contributed by atoms with Gasteiger partial charge in [0.1, 0.15) is 5.69 Å². The summed E-state index contributed by atoms with van der Waals surface area (Å²) in [6, 6.07) is 4.52. The number of hydrogen-bond acceptors (Lipinski definition) is 2. The van der Waals surface area contributed by atoms with Gasteiger partial charge in [-0.3, -0.25) is 4.79 Å². The van der Waals surface area contributed by atoms with Crippen LogP contribution in [0.4, 0.5) is 0 Å². The van der Waals surface area contributed by atoms with Crippen LogP contribution in [0, 0.1) is 5.92 Å². The first-order valence-corrected chi connectivity index (χ1v) is 7.96. The molecule has 1 aliphatic heterocycles. The predicted molar refractivity (Wildman–Crippen MR) is 79.6 cm³/mol. The van der Waals surface area contributed by atoms with Crippen LogP contribution < -0.4 is 5.73 Å². The summed E-state index contributed by atoms with van der Waals surface area (Å²) in [7, 11) is 0. The maximum absolute atomic E-state index is 12.8. The SMILES string of the molecule is NCC1CCCN(C(=O)c2cccn2C2CCCC2)C1. The molecule has 1 aromatic rings. The molecule has 1 saturated heterocycles. The zero-order chi connectivity index (χ0) is 13.9. The van der Waals surface area contributed by atoms with Gasteiger partial charge in [0, 0.05) is 25.3 Å². The summed E-state index contributed by atoms with van der Waals surface area (Å²) in [5.74, 6) is 0.669. The topological polar surface area (TPSA) is 51.3 Å². The molecular formula is C16H25N3O. The highest BCUT2D eigenvalue weighted by molar-refractivity contribution is 5.93. The molecular weight excluding hydrogens is 250 g/mol. The molecule has 4 nitrogen and oxygen atoms in total. The summed E-state index contributed by atoms with van der Waals surface area (Å²) in [5, 5.41) is 0. The van der Waals surface area contributed by atoms with Crippen molar-refractivity contribution in [3.63, 3.8) is 0 Å². The number of rotatable bonds is 3. The van der Waals surface area contributed by atoms with Crippen LogP contribution in [-0.4, -0.2) is 35.0 Å². The van der Waals surface area contributed by atoms with Gasteiger partial charge in [-0.05, 0) is 50.3 Å². The van der Waals surface area contributed by atoms with Crippen molar-refractivity contribution in [3.05, 3.63) is 24.0 Å². The van der Waals surface area contributed by atoms with Gasteiger partial charge in [-0.15, -0.1) is 0 Å². The van der Waals surface area contributed by atoms with Crippen LogP contribution in [0.15, 0.2) is 18.3 Å². The Bertz CT molecular complexity index is 462. The number of amides is 1. The van der Waals surface area contributed by atoms with E-state index in [2.05, 4.69) is 10.8 Å². The fraction of sp³-hybridized carbons (Fsp3) is 0.688. The lowest BCUT2D eigenvalue weighted by atomic mass is 9.98. The van der Waals surface area contributed by atoms with Gasteiger partial charge < -0.3 is 15.2 Å². The van der Waals surface area contributed by atoms with Crippen molar-refractivity contribution in [2.75, 3.05) is 19.6 Å². The average molecular weight is 275 g/mol. The highest BCUT2D eigenvalue weighted by Crippen LogP contribution is 2.31. The van der Waals surface area contributed by atoms with Crippen LogP contribution in [0.2, 0.25) is 0 Å². The second-order valence-electron chi connectivity index (χ2n) is 6.23. The Morgan fingerprint density at radius 2 is 2.05 bits per heavy atom. The summed E-state index contributed by atoms with van der Waals surface area (Å²) in [4.78, 5) is 14.8. The summed E-state index contributed by atoms with van der Waals surface area (Å²) < 4.78 is 2.21. The second kappa shape index (κ2) is 6.00. The number of hydrogen-bond donors (Lipinski definition) is 1. The monoisotopic (exact) mass is 275 g/mol. The molecule has 20 heavy (non-hydrogen) atoms. The summed E-state index contributed by atoms with van der Waals surface area (Å²) in [5.41, 5.74) is 6.64. The zero-order valence-corrected chi connectivity index (χ0v) is 12.1. The average Bonchev–Trinajstić information content (AvgIpc) is 3.16. The Kier molecular flexibility index (Phi) is 4.10. The minimum Gasteiger partial charge on any atom is -0.340 e. The van der Waals surface area contributed by atoms with Crippen LogP contribution in [0.5, 0.6) is 0 Å². The molecule has 0 bridgehead atoms. The first-order chi connectivity index (χ1) is 9.79. The van der Waals surface area contributed by atoms with E-state index in [-0.39, 0.29) is 5.91 Å². The van der Waals surface area contributed by atoms with Gasteiger partial charge in [-0.2, -0.15) is 0 Å². The molecule has 3 rings (SSSR count). The molecule has 4 heteroatoms. The van der Waals surface area contributed by atoms with Crippen molar-refractivity contribution in [3.8, 4) is 0 Å². The third kappa shape index (κ3) is 2.62. The first kappa shape index (κ1) is 13.7. The fourth-order valence-electron chi connectivity index (χ4n) is 3.68. The zero-order valence-electron chi connectivity index (χ0n) is 12.1. The Morgan fingerprint density at radius 1 is 1.25 bits per heavy atom. The van der Waals surface area contributed by atoms with Crippen LogP contribution >= 0.6 is 0 Å². The van der Waals surface area contributed by atoms with E-state index in [0.717, 1.165) is 31.6 Å². The number of carbonyl (C=O) groups is 1. The van der Waals surface area contributed by atoms with E-state index in [1.54, 1.807) is 0 Å². The molecule has 2 fully saturated rings. The van der Waals surface area contributed by atoms with E-state index in [0.29, 0.717) is 18.5 Å². The molecule has 0 spiro atoms. The van der Waals surface area contributed by atoms with Gasteiger partial charge in [0.15, 0.2) is 0 Å². The van der Waals surface area contributed by atoms with Crippen LogP contribution in [-0.2, 0) is 0 Å². The molecule has 0 radical (unpaired) electrons. The summed E-state index contributed by atoms with van der Waals surface area (Å²) >= 11 is 0. The molecule has 110 valence electrons. The predicted octanol–water partition coefficient (Wildman–Crippen LogP) is 2.41. The van der Waals surface area contributed by atoms with Crippen molar-refractivity contribution in [1.29, 1.82) is 0 Å². The normalized spacial score (nSPS) is 24.2. The molecule has 1 saturated carbocycles. The van der Waals surface area contributed by atoms with E-state index >= 15 is 0 Å². The fourth-order valence-corrected chi connectivity index (χ4v) is 3.68. The van der Waals surface area contributed by atoms with Crippen LogP contribution in [0.25, 0.3) is 0 Å². The van der Waals surface area contributed by atoms with Crippen molar-refractivity contribution in [1.82, 2.24) is 9.47 Å². The lowest BCUT2D eigenvalue weighted by Gasteiger charge is -2.32. The smallest absolute Gasteiger partial charge is 0.270 e. The molecule has 1 aliphatic carbocycles. The van der Waals surface area contributed by atoms with Gasteiger partial charge in [-0.25, -0.2) is 0 Å². The van der Waals surface area contributed by atoms with E-state index in [1.165, 1.54) is 25.7 Å². The number of piperidine rings is 1. The third-order valence-electron chi connectivity index (χ3n) is 4.86. The van der Waals surface area contributed by atoms with Crippen molar-refractivity contribution >= 4 is 5.91 Å². The number of nitrogens with zero attached hydrogens (tertiary/aromatic N) is 2. The van der Waals surface area contributed by atoms with E-state index in [1.807, 2.05) is 17.0 Å². The lowest BCUT2D eigenvalue weighted by molar-refractivity contribution is 0.0665. The van der Waals surface area contributed by atoms with Crippen molar-refractivity contribution in [2.24, 2.45) is 11.7 Å². The standard InChI is InChI=1S/C16H25N3O/c17-11-13-5-3-9-18(12-13)16(20)15-8-4-10-19(15)14-6-1-2-7-14/h4,8,10,13-14H,1-3,5-7,9,11-12,17H2. The molecule has 1 amide bonds. The number of nitrogens with two attached hydrogens (primary N) is 1. The maximum Gasteiger partial charge on any atom is 0.270 e. The minimum absolute atomic E-state index is 0.194. The lowest BCUT2D eigenvalue weighted by Crippen LogP contribution is -2.42. The highest BCUT2D eigenvalue weighted by atomic mass is 16.2.